The summed E-state index contributed by atoms with van der Waals surface area (Å²) >= 11 is 1.75. The summed E-state index contributed by atoms with van der Waals surface area (Å²) in [5.74, 6) is 0.691. The number of rotatable bonds is 5. The van der Waals surface area contributed by atoms with Crippen LogP contribution in [0.15, 0.2) is 174 Å². The van der Waals surface area contributed by atoms with Crippen LogP contribution in [0.5, 0.6) is 0 Å². The first-order valence-electron chi connectivity index (χ1n) is 16.7. The summed E-state index contributed by atoms with van der Waals surface area (Å²) in [5.41, 5.74) is 12.6. The number of benzene rings is 7. The molecule has 0 fully saturated rings. The molecule has 3 aromatic heterocycles. The fourth-order valence-electron chi connectivity index (χ4n) is 7.06. The van der Waals surface area contributed by atoms with Gasteiger partial charge >= 0.3 is 0 Å². The number of thiophene rings is 1. The van der Waals surface area contributed by atoms with Crippen LogP contribution in [0.1, 0.15) is 0 Å². The highest BCUT2D eigenvalue weighted by molar-refractivity contribution is 7.26. The average Bonchev–Trinajstić information content (AvgIpc) is 3.76. The summed E-state index contributed by atoms with van der Waals surface area (Å²) in [6.07, 6.45) is 0. The Balaban J connectivity index is 1.13. The molecule has 0 N–H and O–H groups in total. The van der Waals surface area contributed by atoms with Crippen LogP contribution in [0.25, 0.3) is 98.3 Å². The third-order valence-electron chi connectivity index (χ3n) is 9.53. The minimum absolute atomic E-state index is 0.691. The number of hydrogen-bond acceptors (Lipinski definition) is 4. The maximum atomic E-state index is 6.55. The first-order chi connectivity index (χ1) is 24.8. The molecule has 0 atom stereocenters. The van der Waals surface area contributed by atoms with E-state index in [1.54, 1.807) is 11.3 Å². The lowest BCUT2D eigenvalue weighted by Crippen LogP contribution is -1.94. The average molecular weight is 657 g/mol. The normalized spacial score (nSPS) is 11.6. The Morgan fingerprint density at radius 3 is 1.82 bits per heavy atom. The van der Waals surface area contributed by atoms with Gasteiger partial charge in [0.25, 0.3) is 0 Å². The van der Waals surface area contributed by atoms with Gasteiger partial charge in [0.15, 0.2) is 5.82 Å². The van der Waals surface area contributed by atoms with E-state index in [9.17, 15) is 0 Å². The predicted molar refractivity (Wildman–Crippen MR) is 209 cm³/mol. The number of aromatic nitrogens is 2. The molecule has 0 saturated heterocycles. The molecule has 0 aliphatic carbocycles. The molecule has 10 aromatic rings. The van der Waals surface area contributed by atoms with E-state index in [0.717, 1.165) is 65.5 Å². The highest BCUT2D eigenvalue weighted by Crippen LogP contribution is 2.42. The monoisotopic (exact) mass is 656 g/mol. The molecule has 234 valence electrons. The number of furan rings is 1. The van der Waals surface area contributed by atoms with Crippen molar-refractivity contribution in [3.8, 4) is 56.0 Å². The van der Waals surface area contributed by atoms with Gasteiger partial charge in [-0.25, -0.2) is 9.97 Å². The molecule has 7 aromatic carbocycles. The van der Waals surface area contributed by atoms with Gasteiger partial charge < -0.3 is 4.42 Å². The van der Waals surface area contributed by atoms with E-state index in [4.69, 9.17) is 14.4 Å². The largest absolute Gasteiger partial charge is 0.456 e. The van der Waals surface area contributed by atoms with E-state index in [0.29, 0.717) is 5.82 Å². The lowest BCUT2D eigenvalue weighted by Gasteiger charge is -2.09. The van der Waals surface area contributed by atoms with Crippen molar-refractivity contribution in [3.63, 3.8) is 0 Å². The van der Waals surface area contributed by atoms with Crippen molar-refractivity contribution >= 4 is 53.6 Å². The summed E-state index contributed by atoms with van der Waals surface area (Å²) in [7, 11) is 0. The Labute approximate surface area is 292 Å². The molecule has 3 heterocycles. The van der Waals surface area contributed by atoms with Crippen LogP contribution >= 0.6 is 11.3 Å². The molecular formula is C46H28N2OS. The minimum Gasteiger partial charge on any atom is -0.456 e. The van der Waals surface area contributed by atoms with Gasteiger partial charge in [0.1, 0.15) is 11.2 Å². The molecule has 4 heteroatoms. The number of hydrogen-bond donors (Lipinski definition) is 0. The fourth-order valence-corrected chi connectivity index (χ4v) is 8.21. The highest BCUT2D eigenvalue weighted by Gasteiger charge is 2.20. The van der Waals surface area contributed by atoms with Crippen LogP contribution in [-0.4, -0.2) is 9.97 Å². The van der Waals surface area contributed by atoms with Crippen molar-refractivity contribution in [2.75, 3.05) is 0 Å². The molecule has 0 spiro atoms. The second-order valence-corrected chi connectivity index (χ2v) is 13.6. The van der Waals surface area contributed by atoms with Gasteiger partial charge in [-0.2, -0.15) is 0 Å². The first-order valence-corrected chi connectivity index (χ1v) is 17.6. The lowest BCUT2D eigenvalue weighted by molar-refractivity contribution is 0.669. The predicted octanol–water partition coefficient (Wildman–Crippen LogP) is 13.1. The summed E-state index contributed by atoms with van der Waals surface area (Å²) in [6.45, 7) is 0. The molecule has 0 aliphatic rings. The van der Waals surface area contributed by atoms with E-state index >= 15 is 0 Å². The number of nitrogens with zero attached hydrogens (tertiary/aromatic N) is 2. The second kappa shape index (κ2) is 11.7. The standard InChI is InChI=1S/C46H28N2OS/c1-3-11-29(12-4-1)31-21-23-32(24-22-31)43-45-44(37-17-7-8-20-41(37)50-45)48-46(47-43)38-18-10-19-39-42(38)36-26-25-35(28-40(36)49-39)34-16-9-15-33(27-34)30-13-5-2-6-14-30/h1-28H. The van der Waals surface area contributed by atoms with Crippen molar-refractivity contribution < 1.29 is 4.42 Å². The first kappa shape index (κ1) is 28.6. The molecule has 0 radical (unpaired) electrons. The van der Waals surface area contributed by atoms with E-state index in [-0.39, 0.29) is 0 Å². The van der Waals surface area contributed by atoms with Crippen molar-refractivity contribution in [3.05, 3.63) is 170 Å². The Morgan fingerprint density at radius 1 is 0.420 bits per heavy atom. The Hall–Kier alpha value is -6.36. The van der Waals surface area contributed by atoms with Crippen LogP contribution in [0.2, 0.25) is 0 Å². The molecule has 0 aliphatic heterocycles. The van der Waals surface area contributed by atoms with E-state index in [1.165, 1.54) is 27.0 Å². The van der Waals surface area contributed by atoms with E-state index in [2.05, 4.69) is 146 Å². The maximum absolute atomic E-state index is 6.55. The van der Waals surface area contributed by atoms with Gasteiger partial charge in [-0.15, -0.1) is 11.3 Å². The zero-order valence-electron chi connectivity index (χ0n) is 26.9. The number of fused-ring (bicyclic) bond motifs is 6. The quantitative estimate of drug-likeness (QED) is 0.185. The topological polar surface area (TPSA) is 38.9 Å². The van der Waals surface area contributed by atoms with Crippen molar-refractivity contribution in [1.29, 1.82) is 0 Å². The lowest BCUT2D eigenvalue weighted by atomic mass is 9.98. The second-order valence-electron chi connectivity index (χ2n) is 12.6. The SMILES string of the molecule is c1ccc(-c2ccc(-c3nc(-c4cccc5oc6cc(-c7cccc(-c8ccccc8)c7)ccc6c45)nc4c3sc3ccccc34)cc2)cc1. The van der Waals surface area contributed by atoms with Crippen LogP contribution in [0, 0.1) is 0 Å². The third kappa shape index (κ3) is 4.80. The van der Waals surface area contributed by atoms with Crippen LogP contribution in [-0.2, 0) is 0 Å². The molecular weight excluding hydrogens is 629 g/mol. The van der Waals surface area contributed by atoms with Gasteiger partial charge in [0.05, 0.1) is 15.9 Å². The highest BCUT2D eigenvalue weighted by atomic mass is 32.1. The zero-order chi connectivity index (χ0) is 33.0. The van der Waals surface area contributed by atoms with E-state index < -0.39 is 0 Å². The molecule has 0 saturated carbocycles. The van der Waals surface area contributed by atoms with Gasteiger partial charge in [0.2, 0.25) is 0 Å². The summed E-state index contributed by atoms with van der Waals surface area (Å²) in [6, 6.07) is 59.6. The smallest absolute Gasteiger partial charge is 0.161 e. The van der Waals surface area contributed by atoms with Crippen LogP contribution in [0.3, 0.4) is 0 Å². The van der Waals surface area contributed by atoms with Crippen molar-refractivity contribution in [2.45, 2.75) is 0 Å². The zero-order valence-corrected chi connectivity index (χ0v) is 27.7. The maximum Gasteiger partial charge on any atom is 0.161 e. The van der Waals surface area contributed by atoms with Crippen molar-refractivity contribution in [1.82, 2.24) is 9.97 Å². The van der Waals surface area contributed by atoms with E-state index in [1.807, 2.05) is 24.3 Å². The molecule has 50 heavy (non-hydrogen) atoms. The summed E-state index contributed by atoms with van der Waals surface area (Å²) in [4.78, 5) is 10.6. The van der Waals surface area contributed by atoms with Gasteiger partial charge in [-0.05, 0) is 63.7 Å². The Bertz CT molecular complexity index is 2850. The molecule has 0 bridgehead atoms. The molecule has 0 amide bonds. The molecule has 3 nitrogen and oxygen atoms in total. The minimum atomic E-state index is 0.691. The summed E-state index contributed by atoms with van der Waals surface area (Å²) < 4.78 is 8.84. The Kier molecular flexibility index (Phi) is 6.68. The van der Waals surface area contributed by atoms with Crippen molar-refractivity contribution in [2.24, 2.45) is 0 Å². The molecule has 0 unspecified atom stereocenters. The van der Waals surface area contributed by atoms with Gasteiger partial charge in [-0.3, -0.25) is 0 Å². The van der Waals surface area contributed by atoms with Crippen LogP contribution in [0.4, 0.5) is 0 Å². The molecule has 10 rings (SSSR count). The summed E-state index contributed by atoms with van der Waals surface area (Å²) in [5, 5.41) is 3.22. The third-order valence-corrected chi connectivity index (χ3v) is 10.7. The van der Waals surface area contributed by atoms with Gasteiger partial charge in [0, 0.05) is 32.0 Å². The fraction of sp³-hybridized carbons (Fsp3) is 0. The van der Waals surface area contributed by atoms with Gasteiger partial charge in [-0.1, -0.05) is 140 Å². The Morgan fingerprint density at radius 2 is 1.02 bits per heavy atom. The van der Waals surface area contributed by atoms with Crippen LogP contribution < -0.4 is 0 Å².